The highest BCUT2D eigenvalue weighted by atomic mass is 16.5. The molecule has 2 rings (SSSR count). The van der Waals surface area contributed by atoms with Crippen LogP contribution in [-0.2, 0) is 0 Å². The molecule has 0 aromatic heterocycles. The highest BCUT2D eigenvalue weighted by Gasteiger charge is 2.51. The van der Waals surface area contributed by atoms with Crippen LogP contribution in [0.2, 0.25) is 0 Å². The van der Waals surface area contributed by atoms with Gasteiger partial charge in [0, 0.05) is 0 Å². The zero-order valence-electron chi connectivity index (χ0n) is 7.81. The van der Waals surface area contributed by atoms with Crippen molar-refractivity contribution in [3.8, 4) is 0 Å². The molecule has 4 heteroatoms. The molecule has 2 aliphatic carbocycles. The third-order valence-corrected chi connectivity index (χ3v) is 3.35. The first-order chi connectivity index (χ1) is 6.11. The summed E-state index contributed by atoms with van der Waals surface area (Å²) < 4.78 is 0. The van der Waals surface area contributed by atoms with E-state index in [9.17, 15) is 10.0 Å². The van der Waals surface area contributed by atoms with Crippen LogP contribution >= 0.6 is 0 Å². The third kappa shape index (κ3) is 1.63. The van der Waals surface area contributed by atoms with Gasteiger partial charge in [0.1, 0.15) is 0 Å². The first kappa shape index (κ1) is 8.81. The van der Waals surface area contributed by atoms with E-state index in [2.05, 4.69) is 0 Å². The van der Waals surface area contributed by atoms with Gasteiger partial charge in [-0.3, -0.25) is 5.21 Å². The fourth-order valence-corrected chi connectivity index (χ4v) is 2.24. The lowest BCUT2D eigenvalue weighted by Crippen LogP contribution is -2.41. The van der Waals surface area contributed by atoms with E-state index in [1.165, 1.54) is 12.8 Å². The Morgan fingerprint density at radius 1 is 1.62 bits per heavy atom. The van der Waals surface area contributed by atoms with Gasteiger partial charge in [-0.1, -0.05) is 0 Å². The predicted octanol–water partition coefficient (Wildman–Crippen LogP) is 1.19. The molecular weight excluding hydrogens is 168 g/mol. The molecule has 0 aliphatic heterocycles. The molecule has 3 atom stereocenters. The molecule has 0 saturated heterocycles. The highest BCUT2D eigenvalue weighted by molar-refractivity contribution is 5.70. The van der Waals surface area contributed by atoms with Gasteiger partial charge in [-0.05, 0) is 43.9 Å². The molecule has 0 aromatic rings. The fraction of sp³-hybridized carbons (Fsp3) is 0.889. The smallest absolute Gasteiger partial charge is 0.338 e. The average Bonchev–Trinajstić information content (AvgIpc) is 2.88. The minimum atomic E-state index is -0.742. The molecule has 0 aromatic carbocycles. The van der Waals surface area contributed by atoms with E-state index in [0.29, 0.717) is 11.0 Å². The molecule has 2 aliphatic rings. The zero-order valence-corrected chi connectivity index (χ0v) is 7.81. The van der Waals surface area contributed by atoms with Crippen molar-refractivity contribution in [3.05, 3.63) is 0 Å². The second-order valence-electron chi connectivity index (χ2n) is 4.32. The van der Waals surface area contributed by atoms with E-state index in [1.807, 2.05) is 6.92 Å². The molecule has 3 unspecified atom stereocenters. The summed E-state index contributed by atoms with van der Waals surface area (Å²) in [6.45, 7) is 1.86. The SMILES string of the molecule is CC(C1CC1C1CC1)N(O)C(N)=O. The standard InChI is InChI=1S/C9H16N2O2/c1-5(11(13)9(10)12)7-4-8(7)6-2-3-6/h5-8,13H,2-4H2,1H3,(H2,10,12). The quantitative estimate of drug-likeness (QED) is 0.511. The maximum Gasteiger partial charge on any atom is 0.338 e. The topological polar surface area (TPSA) is 66.6 Å². The number of hydrogen-bond donors (Lipinski definition) is 2. The second-order valence-corrected chi connectivity index (χ2v) is 4.32. The van der Waals surface area contributed by atoms with Gasteiger partial charge in [-0.15, -0.1) is 0 Å². The number of carbonyl (C=O) groups excluding carboxylic acids is 1. The minimum absolute atomic E-state index is 0.108. The van der Waals surface area contributed by atoms with Crippen LogP contribution in [0.1, 0.15) is 26.2 Å². The summed E-state index contributed by atoms with van der Waals surface area (Å²) in [7, 11) is 0. The largest absolute Gasteiger partial charge is 0.350 e. The van der Waals surface area contributed by atoms with Crippen molar-refractivity contribution < 1.29 is 10.0 Å². The normalized spacial score (nSPS) is 34.0. The van der Waals surface area contributed by atoms with Crippen LogP contribution in [0.15, 0.2) is 0 Å². The van der Waals surface area contributed by atoms with Gasteiger partial charge in [0.15, 0.2) is 0 Å². The number of rotatable bonds is 3. The summed E-state index contributed by atoms with van der Waals surface area (Å²) in [5.74, 6) is 2.09. The minimum Gasteiger partial charge on any atom is -0.350 e. The monoisotopic (exact) mass is 184 g/mol. The van der Waals surface area contributed by atoms with Crippen LogP contribution in [0.5, 0.6) is 0 Å². The van der Waals surface area contributed by atoms with Crippen molar-refractivity contribution in [1.82, 2.24) is 5.06 Å². The molecule has 3 N–H and O–H groups in total. The maximum absolute atomic E-state index is 10.7. The van der Waals surface area contributed by atoms with E-state index in [0.717, 1.165) is 18.3 Å². The molecule has 2 amide bonds. The molecule has 13 heavy (non-hydrogen) atoms. The van der Waals surface area contributed by atoms with Crippen LogP contribution in [0.25, 0.3) is 0 Å². The van der Waals surface area contributed by atoms with Gasteiger partial charge < -0.3 is 5.73 Å². The van der Waals surface area contributed by atoms with E-state index < -0.39 is 6.03 Å². The maximum atomic E-state index is 10.7. The van der Waals surface area contributed by atoms with Gasteiger partial charge >= 0.3 is 6.03 Å². The number of hydroxylamine groups is 2. The molecule has 74 valence electrons. The van der Waals surface area contributed by atoms with Gasteiger partial charge in [-0.25, -0.2) is 9.86 Å². The summed E-state index contributed by atoms with van der Waals surface area (Å²) >= 11 is 0. The summed E-state index contributed by atoms with van der Waals surface area (Å²) in [5.41, 5.74) is 4.98. The van der Waals surface area contributed by atoms with Gasteiger partial charge in [0.25, 0.3) is 0 Å². The Hall–Kier alpha value is -0.770. The molecule has 2 saturated carbocycles. The summed E-state index contributed by atoms with van der Waals surface area (Å²) in [5, 5.41) is 9.96. The van der Waals surface area contributed by atoms with Crippen LogP contribution in [0.4, 0.5) is 4.79 Å². The predicted molar refractivity (Wildman–Crippen MR) is 47.0 cm³/mol. The molecular formula is C9H16N2O2. The number of carbonyl (C=O) groups is 1. The summed E-state index contributed by atoms with van der Waals surface area (Å²) in [4.78, 5) is 10.7. The lowest BCUT2D eigenvalue weighted by molar-refractivity contribution is -0.0770. The third-order valence-electron chi connectivity index (χ3n) is 3.35. The number of hydrogen-bond acceptors (Lipinski definition) is 2. The van der Waals surface area contributed by atoms with Crippen molar-refractivity contribution in [3.63, 3.8) is 0 Å². The van der Waals surface area contributed by atoms with Crippen LogP contribution in [-0.4, -0.2) is 22.3 Å². The molecule has 2 fully saturated rings. The van der Waals surface area contributed by atoms with Crippen molar-refractivity contribution in [2.24, 2.45) is 23.5 Å². The van der Waals surface area contributed by atoms with Crippen molar-refractivity contribution in [1.29, 1.82) is 0 Å². The second kappa shape index (κ2) is 2.87. The Balaban J connectivity index is 1.84. The van der Waals surface area contributed by atoms with Gasteiger partial charge in [-0.2, -0.15) is 0 Å². The number of primary amides is 1. The lowest BCUT2D eigenvalue weighted by atomic mass is 10.1. The van der Waals surface area contributed by atoms with Crippen molar-refractivity contribution in [2.45, 2.75) is 32.2 Å². The van der Waals surface area contributed by atoms with E-state index in [-0.39, 0.29) is 6.04 Å². The van der Waals surface area contributed by atoms with Gasteiger partial charge in [0.2, 0.25) is 0 Å². The van der Waals surface area contributed by atoms with Crippen LogP contribution in [0, 0.1) is 17.8 Å². The van der Waals surface area contributed by atoms with Crippen molar-refractivity contribution >= 4 is 6.03 Å². The Morgan fingerprint density at radius 3 is 2.69 bits per heavy atom. The van der Waals surface area contributed by atoms with Gasteiger partial charge in [0.05, 0.1) is 6.04 Å². The number of urea groups is 1. The van der Waals surface area contributed by atoms with Crippen molar-refractivity contribution in [2.75, 3.05) is 0 Å². The molecule has 0 radical (unpaired) electrons. The van der Waals surface area contributed by atoms with Crippen LogP contribution in [0.3, 0.4) is 0 Å². The van der Waals surface area contributed by atoms with E-state index >= 15 is 0 Å². The average molecular weight is 184 g/mol. The van der Waals surface area contributed by atoms with Crippen LogP contribution < -0.4 is 5.73 Å². The Bertz CT molecular complexity index is 228. The Kier molecular flexibility index (Phi) is 1.95. The fourth-order valence-electron chi connectivity index (χ4n) is 2.24. The number of nitrogens with two attached hydrogens (primary N) is 1. The number of amides is 2. The molecule has 0 bridgehead atoms. The first-order valence-electron chi connectivity index (χ1n) is 4.88. The van der Waals surface area contributed by atoms with E-state index in [4.69, 9.17) is 5.73 Å². The molecule has 4 nitrogen and oxygen atoms in total. The summed E-state index contributed by atoms with van der Waals surface area (Å²) in [6.07, 6.45) is 3.81. The first-order valence-corrected chi connectivity index (χ1v) is 4.88. The number of nitrogens with zero attached hydrogens (tertiary/aromatic N) is 1. The summed E-state index contributed by atoms with van der Waals surface area (Å²) in [6, 6.07) is -0.850. The molecule has 0 heterocycles. The van der Waals surface area contributed by atoms with E-state index in [1.54, 1.807) is 0 Å². The Morgan fingerprint density at radius 2 is 2.23 bits per heavy atom. The zero-order chi connectivity index (χ0) is 9.59. The lowest BCUT2D eigenvalue weighted by Gasteiger charge is -2.20. The Labute approximate surface area is 77.7 Å². The molecule has 0 spiro atoms. The highest BCUT2D eigenvalue weighted by Crippen LogP contribution is 2.56.